The number of hydrogen-bond donors (Lipinski definition) is 1. The molecule has 1 unspecified atom stereocenters. The number of rotatable bonds is 4. The Hall–Kier alpha value is -3.41. The van der Waals surface area contributed by atoms with Crippen LogP contribution in [0.25, 0.3) is 16.6 Å². The Morgan fingerprint density at radius 2 is 1.89 bits per heavy atom. The standard InChI is InChI=1S/C22H23N5O/c1-14-9-15(2)19-11-21(25-20(19)10-14)22(28)26(4)16(3)17-5-7-18(8-6-17)27-13-23-12-24-27/h5-13,16,25H,1-4H3. The highest BCUT2D eigenvalue weighted by Crippen LogP contribution is 2.25. The zero-order chi connectivity index (χ0) is 19.8. The molecule has 6 nitrogen and oxygen atoms in total. The number of amides is 1. The van der Waals surface area contributed by atoms with Crippen LogP contribution in [0.15, 0.2) is 55.1 Å². The Kier molecular flexibility index (Phi) is 4.47. The van der Waals surface area contributed by atoms with E-state index in [1.165, 1.54) is 17.5 Å². The summed E-state index contributed by atoms with van der Waals surface area (Å²) in [6, 6.07) is 14.1. The zero-order valence-corrected chi connectivity index (χ0v) is 16.5. The number of aromatic nitrogens is 4. The van der Waals surface area contributed by atoms with E-state index in [4.69, 9.17) is 0 Å². The minimum atomic E-state index is -0.0634. The Balaban J connectivity index is 1.57. The Morgan fingerprint density at radius 1 is 1.14 bits per heavy atom. The number of nitrogens with zero attached hydrogens (tertiary/aromatic N) is 4. The smallest absolute Gasteiger partial charge is 0.270 e. The molecule has 0 saturated carbocycles. The zero-order valence-electron chi connectivity index (χ0n) is 16.5. The van der Waals surface area contributed by atoms with Crippen LogP contribution in [0, 0.1) is 13.8 Å². The van der Waals surface area contributed by atoms with Gasteiger partial charge in [-0.2, -0.15) is 5.10 Å². The van der Waals surface area contributed by atoms with Crippen molar-refractivity contribution in [2.24, 2.45) is 0 Å². The molecule has 2 aromatic heterocycles. The van der Waals surface area contributed by atoms with Gasteiger partial charge in [0.1, 0.15) is 18.3 Å². The highest BCUT2D eigenvalue weighted by Gasteiger charge is 2.21. The van der Waals surface area contributed by atoms with Gasteiger partial charge in [-0.25, -0.2) is 9.67 Å². The quantitative estimate of drug-likeness (QED) is 0.583. The highest BCUT2D eigenvalue weighted by atomic mass is 16.2. The average molecular weight is 373 g/mol. The lowest BCUT2D eigenvalue weighted by Crippen LogP contribution is -2.29. The molecule has 2 aromatic carbocycles. The van der Waals surface area contributed by atoms with Crippen molar-refractivity contribution in [3.05, 3.63) is 77.5 Å². The van der Waals surface area contributed by atoms with Crippen molar-refractivity contribution in [3.8, 4) is 5.69 Å². The summed E-state index contributed by atoms with van der Waals surface area (Å²) in [5, 5.41) is 5.22. The van der Waals surface area contributed by atoms with Gasteiger partial charge in [-0.1, -0.05) is 18.2 Å². The third-order valence-corrected chi connectivity index (χ3v) is 5.28. The van der Waals surface area contributed by atoms with Crippen molar-refractivity contribution >= 4 is 16.8 Å². The van der Waals surface area contributed by atoms with Gasteiger partial charge in [-0.15, -0.1) is 0 Å². The lowest BCUT2D eigenvalue weighted by Gasteiger charge is -2.25. The van der Waals surface area contributed by atoms with E-state index in [2.05, 4.69) is 41.0 Å². The lowest BCUT2D eigenvalue weighted by molar-refractivity contribution is 0.0737. The van der Waals surface area contributed by atoms with Crippen molar-refractivity contribution in [3.63, 3.8) is 0 Å². The van der Waals surface area contributed by atoms with Crippen molar-refractivity contribution in [1.29, 1.82) is 0 Å². The number of fused-ring (bicyclic) bond motifs is 1. The number of carbonyl (C=O) groups is 1. The molecule has 0 fully saturated rings. The van der Waals surface area contributed by atoms with Crippen molar-refractivity contribution < 1.29 is 4.79 Å². The second-order valence-electron chi connectivity index (χ2n) is 7.25. The molecule has 0 bridgehead atoms. The van der Waals surface area contributed by atoms with Crippen molar-refractivity contribution in [2.75, 3.05) is 7.05 Å². The Labute approximate surface area is 163 Å². The van der Waals surface area contributed by atoms with Crippen molar-refractivity contribution in [1.82, 2.24) is 24.6 Å². The third-order valence-electron chi connectivity index (χ3n) is 5.28. The summed E-state index contributed by atoms with van der Waals surface area (Å²) in [5.74, 6) is -0.0268. The molecule has 0 aliphatic rings. The number of hydrogen-bond acceptors (Lipinski definition) is 3. The predicted octanol–water partition coefficient (Wildman–Crippen LogP) is 4.20. The maximum Gasteiger partial charge on any atom is 0.270 e. The van der Waals surface area contributed by atoms with E-state index in [0.717, 1.165) is 22.2 Å². The fourth-order valence-corrected chi connectivity index (χ4v) is 3.55. The summed E-state index contributed by atoms with van der Waals surface area (Å²) in [6.07, 6.45) is 3.17. The molecule has 1 atom stereocenters. The topological polar surface area (TPSA) is 66.8 Å². The summed E-state index contributed by atoms with van der Waals surface area (Å²) < 4.78 is 1.71. The number of aromatic amines is 1. The molecule has 6 heteroatoms. The number of H-pyrrole nitrogens is 1. The Morgan fingerprint density at radius 3 is 2.57 bits per heavy atom. The summed E-state index contributed by atoms with van der Waals surface area (Å²) in [5.41, 5.74) is 5.95. The van der Waals surface area contributed by atoms with Gasteiger partial charge in [0.25, 0.3) is 5.91 Å². The van der Waals surface area contributed by atoms with Gasteiger partial charge < -0.3 is 9.88 Å². The van der Waals surface area contributed by atoms with Crippen LogP contribution >= 0.6 is 0 Å². The second-order valence-corrected chi connectivity index (χ2v) is 7.25. The van der Waals surface area contributed by atoms with E-state index in [-0.39, 0.29) is 11.9 Å². The van der Waals surface area contributed by atoms with E-state index in [0.29, 0.717) is 5.69 Å². The van der Waals surface area contributed by atoms with E-state index in [1.807, 2.05) is 44.3 Å². The van der Waals surface area contributed by atoms with Gasteiger partial charge in [0.05, 0.1) is 11.7 Å². The maximum atomic E-state index is 13.1. The van der Waals surface area contributed by atoms with E-state index in [9.17, 15) is 4.79 Å². The van der Waals surface area contributed by atoms with Gasteiger partial charge in [0.2, 0.25) is 0 Å². The lowest BCUT2D eigenvalue weighted by atomic mass is 10.1. The predicted molar refractivity (Wildman–Crippen MR) is 110 cm³/mol. The molecule has 28 heavy (non-hydrogen) atoms. The summed E-state index contributed by atoms with van der Waals surface area (Å²) in [4.78, 5) is 22.1. The normalized spacial score (nSPS) is 12.3. The monoisotopic (exact) mass is 373 g/mol. The summed E-state index contributed by atoms with van der Waals surface area (Å²) in [6.45, 7) is 6.16. The molecule has 4 aromatic rings. The number of nitrogens with one attached hydrogen (secondary N) is 1. The molecule has 1 N–H and O–H groups in total. The molecular weight excluding hydrogens is 350 g/mol. The molecule has 2 heterocycles. The molecule has 4 rings (SSSR count). The third kappa shape index (κ3) is 3.17. The SMILES string of the molecule is Cc1cc(C)c2cc(C(=O)N(C)C(C)c3ccc(-n4cncn4)cc3)[nH]c2c1. The fraction of sp³-hybridized carbons (Fsp3) is 0.227. The summed E-state index contributed by atoms with van der Waals surface area (Å²) in [7, 11) is 1.84. The minimum Gasteiger partial charge on any atom is -0.351 e. The van der Waals surface area contributed by atoms with Crippen molar-refractivity contribution in [2.45, 2.75) is 26.8 Å². The van der Waals surface area contributed by atoms with Gasteiger partial charge in [-0.3, -0.25) is 4.79 Å². The number of benzene rings is 2. The molecule has 142 valence electrons. The van der Waals surface area contributed by atoms with Crippen LogP contribution in [-0.4, -0.2) is 37.6 Å². The number of aryl methyl sites for hydroxylation is 2. The van der Waals surface area contributed by atoms with E-state index >= 15 is 0 Å². The van der Waals surface area contributed by atoms with Crippen LogP contribution in [-0.2, 0) is 0 Å². The van der Waals surface area contributed by atoms with E-state index < -0.39 is 0 Å². The first kappa shape index (κ1) is 18.0. The maximum absolute atomic E-state index is 13.1. The molecule has 0 aliphatic heterocycles. The second kappa shape index (κ2) is 6.96. The van der Waals surface area contributed by atoms with Gasteiger partial charge in [0.15, 0.2) is 0 Å². The summed E-state index contributed by atoms with van der Waals surface area (Å²) >= 11 is 0. The van der Waals surface area contributed by atoms with Crippen LogP contribution in [0.2, 0.25) is 0 Å². The average Bonchev–Trinajstić information content (AvgIpc) is 3.36. The van der Waals surface area contributed by atoms with E-state index in [1.54, 1.807) is 15.9 Å². The minimum absolute atomic E-state index is 0.0268. The highest BCUT2D eigenvalue weighted by molar-refractivity contribution is 5.99. The van der Waals surface area contributed by atoms with Gasteiger partial charge >= 0.3 is 0 Å². The number of carbonyl (C=O) groups excluding carboxylic acids is 1. The first-order valence-corrected chi connectivity index (χ1v) is 9.26. The van der Waals surface area contributed by atoms with Crippen LogP contribution in [0.1, 0.15) is 40.1 Å². The van der Waals surface area contributed by atoms with Crippen LogP contribution in [0.5, 0.6) is 0 Å². The molecule has 0 aliphatic carbocycles. The first-order chi connectivity index (χ1) is 13.4. The molecule has 0 saturated heterocycles. The van der Waals surface area contributed by atoms with Crippen LogP contribution in [0.3, 0.4) is 0 Å². The first-order valence-electron chi connectivity index (χ1n) is 9.26. The fourth-order valence-electron chi connectivity index (χ4n) is 3.55. The van der Waals surface area contributed by atoms with Gasteiger partial charge in [-0.05, 0) is 61.7 Å². The Bertz CT molecular complexity index is 1130. The molecule has 0 spiro atoms. The molecule has 0 radical (unpaired) electrons. The molecular formula is C22H23N5O. The van der Waals surface area contributed by atoms with Crippen LogP contribution in [0.4, 0.5) is 0 Å². The van der Waals surface area contributed by atoms with Crippen LogP contribution < -0.4 is 0 Å². The van der Waals surface area contributed by atoms with Gasteiger partial charge in [0, 0.05) is 18.0 Å². The largest absolute Gasteiger partial charge is 0.351 e. The molecule has 1 amide bonds.